The first-order valence-electron chi connectivity index (χ1n) is 13.2. The van der Waals surface area contributed by atoms with Gasteiger partial charge in [0.25, 0.3) is 5.91 Å². The van der Waals surface area contributed by atoms with Crippen molar-refractivity contribution < 1.29 is 4.79 Å². The second-order valence-electron chi connectivity index (χ2n) is 10.1. The van der Waals surface area contributed by atoms with Crippen LogP contribution in [0.3, 0.4) is 0 Å². The molecule has 0 bridgehead atoms. The molecule has 0 unspecified atom stereocenters. The minimum Gasteiger partial charge on any atom is -0.353 e. The standard InChI is InChI=1S/C29H31BrCl3N5O/c30-23-4-1-20(2-5-23)17-35-29(39)22-15-27(33)28(34-18-22)38-13-11-37(12-14-38)25-7-9-36(10-8-25)19-21-3-6-24(31)16-26(21)32/h1-6,15-16,18,25H,7-14,17,19H2,(H,35,39). The fourth-order valence-corrected chi connectivity index (χ4v) is 6.32. The lowest BCUT2D eigenvalue weighted by molar-refractivity contribution is 0.0950. The zero-order chi connectivity index (χ0) is 27.4. The highest BCUT2D eigenvalue weighted by Crippen LogP contribution is 2.28. The maximum atomic E-state index is 12.6. The van der Waals surface area contributed by atoms with Crippen LogP contribution in [0.4, 0.5) is 5.82 Å². The molecule has 2 aliphatic rings. The Morgan fingerprint density at radius 3 is 2.31 bits per heavy atom. The lowest BCUT2D eigenvalue weighted by Gasteiger charge is -2.43. The van der Waals surface area contributed by atoms with Gasteiger partial charge in [-0.1, -0.05) is 68.9 Å². The van der Waals surface area contributed by atoms with Crippen LogP contribution in [0.1, 0.15) is 34.3 Å². The Morgan fingerprint density at radius 1 is 0.923 bits per heavy atom. The van der Waals surface area contributed by atoms with Gasteiger partial charge in [-0.25, -0.2) is 4.98 Å². The first kappa shape index (κ1) is 28.7. The smallest absolute Gasteiger partial charge is 0.253 e. The van der Waals surface area contributed by atoms with Crippen LogP contribution in [0, 0.1) is 0 Å². The zero-order valence-corrected chi connectivity index (χ0v) is 25.4. The lowest BCUT2D eigenvalue weighted by Crippen LogP contribution is -2.53. The number of piperazine rings is 1. The van der Waals surface area contributed by atoms with E-state index < -0.39 is 0 Å². The second-order valence-corrected chi connectivity index (χ2v) is 12.3. The highest BCUT2D eigenvalue weighted by Gasteiger charge is 2.28. The molecule has 2 saturated heterocycles. The minimum absolute atomic E-state index is 0.187. The highest BCUT2D eigenvalue weighted by atomic mass is 79.9. The third-order valence-electron chi connectivity index (χ3n) is 7.55. The second kappa shape index (κ2) is 13.2. The Balaban J connectivity index is 1.08. The molecular weight excluding hydrogens is 621 g/mol. The third kappa shape index (κ3) is 7.46. The topological polar surface area (TPSA) is 51.7 Å². The summed E-state index contributed by atoms with van der Waals surface area (Å²) in [6.45, 7) is 7.10. The average molecular weight is 652 g/mol. The Labute approximate surface area is 253 Å². The number of amides is 1. The van der Waals surface area contributed by atoms with Gasteiger partial charge in [0.1, 0.15) is 5.82 Å². The van der Waals surface area contributed by atoms with Crippen LogP contribution in [-0.2, 0) is 13.1 Å². The molecule has 3 aromatic rings. The highest BCUT2D eigenvalue weighted by molar-refractivity contribution is 9.10. The van der Waals surface area contributed by atoms with Crippen molar-refractivity contribution in [1.29, 1.82) is 0 Å². The minimum atomic E-state index is -0.187. The number of aromatic nitrogens is 1. The number of nitrogens with one attached hydrogen (secondary N) is 1. The molecule has 0 atom stereocenters. The Bertz CT molecular complexity index is 1290. The van der Waals surface area contributed by atoms with E-state index in [0.29, 0.717) is 28.2 Å². The largest absolute Gasteiger partial charge is 0.353 e. The maximum Gasteiger partial charge on any atom is 0.253 e. The number of benzene rings is 2. The normalized spacial score (nSPS) is 17.4. The zero-order valence-electron chi connectivity index (χ0n) is 21.6. The third-order valence-corrected chi connectivity index (χ3v) is 8.94. The molecule has 2 aliphatic heterocycles. The van der Waals surface area contributed by atoms with Gasteiger partial charge in [0, 0.05) is 66.0 Å². The molecule has 1 aromatic heterocycles. The molecule has 39 heavy (non-hydrogen) atoms. The number of pyridine rings is 1. The van der Waals surface area contributed by atoms with E-state index in [1.54, 1.807) is 12.3 Å². The fraction of sp³-hybridized carbons (Fsp3) is 0.379. The quantitative estimate of drug-likeness (QED) is 0.315. The summed E-state index contributed by atoms with van der Waals surface area (Å²) in [5.74, 6) is 0.559. The number of rotatable bonds is 7. The lowest BCUT2D eigenvalue weighted by atomic mass is 10.0. The van der Waals surface area contributed by atoms with Crippen molar-refractivity contribution in [2.24, 2.45) is 0 Å². The number of hydrogen-bond acceptors (Lipinski definition) is 5. The molecular formula is C29H31BrCl3N5O. The Kier molecular flexibility index (Phi) is 9.69. The Morgan fingerprint density at radius 2 is 1.64 bits per heavy atom. The average Bonchev–Trinajstić information content (AvgIpc) is 2.94. The van der Waals surface area contributed by atoms with E-state index in [0.717, 1.165) is 85.1 Å². The molecule has 2 aromatic carbocycles. The van der Waals surface area contributed by atoms with Crippen LogP contribution < -0.4 is 10.2 Å². The van der Waals surface area contributed by atoms with Crippen LogP contribution in [0.5, 0.6) is 0 Å². The van der Waals surface area contributed by atoms with Gasteiger partial charge in [0.15, 0.2) is 0 Å². The van der Waals surface area contributed by atoms with Crippen molar-refractivity contribution in [3.63, 3.8) is 0 Å². The number of carbonyl (C=O) groups excluding carboxylic acids is 1. The molecule has 5 rings (SSSR count). The van der Waals surface area contributed by atoms with E-state index in [1.807, 2.05) is 42.5 Å². The van der Waals surface area contributed by atoms with Crippen LogP contribution in [0.2, 0.25) is 15.1 Å². The van der Waals surface area contributed by atoms with Crippen molar-refractivity contribution >= 4 is 62.5 Å². The molecule has 0 saturated carbocycles. The van der Waals surface area contributed by atoms with Crippen molar-refractivity contribution in [2.75, 3.05) is 44.2 Å². The van der Waals surface area contributed by atoms with Crippen molar-refractivity contribution in [3.05, 3.63) is 91.0 Å². The summed E-state index contributed by atoms with van der Waals surface area (Å²) in [5.41, 5.74) is 2.62. The SMILES string of the molecule is O=C(NCc1ccc(Br)cc1)c1cnc(N2CCN(C3CCN(Cc4ccc(Cl)cc4Cl)CC3)CC2)c(Cl)c1. The number of carbonyl (C=O) groups is 1. The van der Waals surface area contributed by atoms with Crippen LogP contribution >= 0.6 is 50.7 Å². The van der Waals surface area contributed by atoms with Gasteiger partial charge in [0.05, 0.1) is 10.6 Å². The summed E-state index contributed by atoms with van der Waals surface area (Å²) >= 11 is 22.4. The summed E-state index contributed by atoms with van der Waals surface area (Å²) in [7, 11) is 0. The molecule has 10 heteroatoms. The molecule has 206 valence electrons. The van der Waals surface area contributed by atoms with E-state index in [9.17, 15) is 4.79 Å². The first-order chi connectivity index (χ1) is 18.9. The molecule has 6 nitrogen and oxygen atoms in total. The predicted molar refractivity (Wildman–Crippen MR) is 163 cm³/mol. The van der Waals surface area contributed by atoms with Gasteiger partial charge in [-0.2, -0.15) is 0 Å². The summed E-state index contributed by atoms with van der Waals surface area (Å²) < 4.78 is 1.01. The van der Waals surface area contributed by atoms with E-state index in [4.69, 9.17) is 34.8 Å². The maximum absolute atomic E-state index is 12.6. The van der Waals surface area contributed by atoms with Gasteiger partial charge in [0.2, 0.25) is 0 Å². The molecule has 1 N–H and O–H groups in total. The van der Waals surface area contributed by atoms with E-state index >= 15 is 0 Å². The molecule has 2 fully saturated rings. The number of nitrogens with zero attached hydrogens (tertiary/aromatic N) is 4. The fourth-order valence-electron chi connectivity index (χ4n) is 5.31. The van der Waals surface area contributed by atoms with Gasteiger partial charge >= 0.3 is 0 Å². The molecule has 1 amide bonds. The van der Waals surface area contributed by atoms with Gasteiger partial charge in [-0.3, -0.25) is 14.6 Å². The summed E-state index contributed by atoms with van der Waals surface area (Å²) in [6.07, 6.45) is 3.91. The molecule has 3 heterocycles. The number of piperidine rings is 1. The number of anilines is 1. The number of hydrogen-bond donors (Lipinski definition) is 1. The Hall–Kier alpha value is -1.87. The van der Waals surface area contributed by atoms with E-state index in [2.05, 4.69) is 40.9 Å². The van der Waals surface area contributed by atoms with Gasteiger partial charge in [-0.05, 0) is 67.4 Å². The van der Waals surface area contributed by atoms with Gasteiger partial charge < -0.3 is 10.2 Å². The molecule has 0 aliphatic carbocycles. The summed E-state index contributed by atoms with van der Waals surface area (Å²) in [6, 6.07) is 15.9. The monoisotopic (exact) mass is 649 g/mol. The van der Waals surface area contributed by atoms with Crippen LogP contribution in [-0.4, -0.2) is 66.0 Å². The van der Waals surface area contributed by atoms with Crippen molar-refractivity contribution in [1.82, 2.24) is 20.1 Å². The molecule has 0 radical (unpaired) electrons. The van der Waals surface area contributed by atoms with Crippen LogP contribution in [0.25, 0.3) is 0 Å². The summed E-state index contributed by atoms with van der Waals surface area (Å²) in [4.78, 5) is 24.5. The van der Waals surface area contributed by atoms with Crippen molar-refractivity contribution in [2.45, 2.75) is 32.0 Å². The van der Waals surface area contributed by atoms with Gasteiger partial charge in [-0.15, -0.1) is 0 Å². The number of likely N-dealkylation sites (tertiary alicyclic amines) is 1. The van der Waals surface area contributed by atoms with Crippen molar-refractivity contribution in [3.8, 4) is 0 Å². The predicted octanol–water partition coefficient (Wildman–Crippen LogP) is 6.52. The van der Waals surface area contributed by atoms with E-state index in [1.165, 1.54) is 0 Å². The van der Waals surface area contributed by atoms with E-state index in [-0.39, 0.29) is 5.91 Å². The first-order valence-corrected chi connectivity index (χ1v) is 15.1. The van der Waals surface area contributed by atoms with Crippen LogP contribution in [0.15, 0.2) is 59.2 Å². The molecule has 0 spiro atoms. The number of halogens is 4. The summed E-state index contributed by atoms with van der Waals surface area (Å²) in [5, 5.41) is 4.86.